The maximum atomic E-state index is 12.9. The van der Waals surface area contributed by atoms with Crippen LogP contribution >= 0.6 is 0 Å². The topological polar surface area (TPSA) is 35.5 Å². The molecule has 112 valence electrons. The van der Waals surface area contributed by atoms with E-state index in [1.165, 1.54) is 0 Å². The minimum atomic E-state index is -0.502. The molecule has 4 rings (SSSR count). The first-order valence-corrected chi connectivity index (χ1v) is 7.65. The molecular weight excluding hydrogens is 276 g/mol. The Morgan fingerprint density at radius 3 is 2.59 bits per heavy atom. The van der Waals surface area contributed by atoms with Gasteiger partial charge in [-0.1, -0.05) is 42.5 Å². The number of fused-ring (bicyclic) bond motifs is 1. The molecule has 3 nitrogen and oxygen atoms in total. The molecule has 0 radical (unpaired) electrons. The van der Waals surface area contributed by atoms with Gasteiger partial charge in [0, 0.05) is 11.1 Å². The van der Waals surface area contributed by atoms with E-state index in [0.717, 1.165) is 28.7 Å². The lowest BCUT2D eigenvalue weighted by Gasteiger charge is -2.24. The number of Topliss-reactive ketones (excluding diaryl/α,β-unsaturated/α-hetero) is 1. The molecule has 2 aliphatic rings. The zero-order valence-corrected chi connectivity index (χ0v) is 12.5. The first-order valence-electron chi connectivity index (χ1n) is 7.65. The van der Waals surface area contributed by atoms with Crippen LogP contribution in [0.25, 0.3) is 0 Å². The van der Waals surface area contributed by atoms with Gasteiger partial charge >= 0.3 is 0 Å². The molecule has 1 atom stereocenters. The van der Waals surface area contributed by atoms with Crippen molar-refractivity contribution in [2.24, 2.45) is 0 Å². The highest BCUT2D eigenvalue weighted by Crippen LogP contribution is 2.40. The average Bonchev–Trinajstić information content (AvgIpc) is 3.17. The van der Waals surface area contributed by atoms with Crippen molar-refractivity contribution in [3.05, 3.63) is 70.8 Å². The Bertz CT molecular complexity index is 731. The van der Waals surface area contributed by atoms with Crippen LogP contribution < -0.4 is 0 Å². The van der Waals surface area contributed by atoms with Crippen molar-refractivity contribution in [3.8, 4) is 0 Å². The van der Waals surface area contributed by atoms with E-state index < -0.39 is 5.41 Å². The van der Waals surface area contributed by atoms with Crippen molar-refractivity contribution in [2.75, 3.05) is 13.2 Å². The summed E-state index contributed by atoms with van der Waals surface area (Å²) in [5.41, 5.74) is 3.50. The monoisotopic (exact) mass is 294 g/mol. The molecule has 1 aliphatic carbocycles. The van der Waals surface area contributed by atoms with Crippen LogP contribution in [0.4, 0.5) is 0 Å². The second-order valence-electron chi connectivity index (χ2n) is 6.19. The van der Waals surface area contributed by atoms with Crippen molar-refractivity contribution >= 4 is 5.78 Å². The van der Waals surface area contributed by atoms with E-state index in [1.54, 1.807) is 0 Å². The normalized spacial score (nSPS) is 24.7. The minimum Gasteiger partial charge on any atom is -0.346 e. The van der Waals surface area contributed by atoms with E-state index in [1.807, 2.05) is 49.4 Å². The Balaban J connectivity index is 1.73. The maximum absolute atomic E-state index is 12.9. The van der Waals surface area contributed by atoms with E-state index in [-0.39, 0.29) is 12.1 Å². The number of hydrogen-bond donors (Lipinski definition) is 0. The van der Waals surface area contributed by atoms with Gasteiger partial charge in [0.15, 0.2) is 12.1 Å². The highest BCUT2D eigenvalue weighted by Gasteiger charge is 2.42. The lowest BCUT2D eigenvalue weighted by Crippen LogP contribution is -2.29. The van der Waals surface area contributed by atoms with Crippen molar-refractivity contribution in [2.45, 2.75) is 25.0 Å². The Kier molecular flexibility index (Phi) is 3.13. The molecule has 1 heterocycles. The highest BCUT2D eigenvalue weighted by molar-refractivity contribution is 6.08. The molecule has 22 heavy (non-hydrogen) atoms. The average molecular weight is 294 g/mol. The number of hydrogen-bond acceptors (Lipinski definition) is 3. The Labute approximate surface area is 129 Å². The largest absolute Gasteiger partial charge is 0.346 e. The summed E-state index contributed by atoms with van der Waals surface area (Å²) in [5, 5.41) is 0. The molecule has 2 aromatic rings. The minimum absolute atomic E-state index is 0.202. The first kappa shape index (κ1) is 13.7. The summed E-state index contributed by atoms with van der Waals surface area (Å²) in [7, 11) is 0. The number of ketones is 1. The number of rotatable bonds is 2. The number of carbonyl (C=O) groups excluding carboxylic acids is 1. The second kappa shape index (κ2) is 5.04. The molecule has 1 aliphatic heterocycles. The van der Waals surface area contributed by atoms with Crippen LogP contribution in [0.15, 0.2) is 48.5 Å². The third kappa shape index (κ3) is 2.01. The molecule has 1 fully saturated rings. The van der Waals surface area contributed by atoms with Crippen molar-refractivity contribution in [3.63, 3.8) is 0 Å². The van der Waals surface area contributed by atoms with E-state index in [9.17, 15) is 4.79 Å². The smallest absolute Gasteiger partial charge is 0.184 e. The summed E-state index contributed by atoms with van der Waals surface area (Å²) in [5.74, 6) is 0.202. The summed E-state index contributed by atoms with van der Waals surface area (Å²) in [6.07, 6.45) is 0.445. The van der Waals surface area contributed by atoms with Gasteiger partial charge in [-0.3, -0.25) is 4.79 Å². The fourth-order valence-electron chi connectivity index (χ4n) is 3.47. The van der Waals surface area contributed by atoms with E-state index in [2.05, 4.69) is 6.07 Å². The van der Waals surface area contributed by atoms with Gasteiger partial charge in [-0.15, -0.1) is 0 Å². The summed E-state index contributed by atoms with van der Waals surface area (Å²) in [4.78, 5) is 12.9. The zero-order chi connectivity index (χ0) is 15.2. The molecule has 1 saturated heterocycles. The molecule has 2 aromatic carbocycles. The molecule has 0 N–H and O–H groups in total. The van der Waals surface area contributed by atoms with Crippen LogP contribution in [0.3, 0.4) is 0 Å². The van der Waals surface area contributed by atoms with Crippen LogP contribution in [0.1, 0.15) is 40.3 Å². The summed E-state index contributed by atoms with van der Waals surface area (Å²) in [6, 6.07) is 16.0. The summed E-state index contributed by atoms with van der Waals surface area (Å²) < 4.78 is 11.1. The van der Waals surface area contributed by atoms with Gasteiger partial charge in [-0.05, 0) is 30.5 Å². The van der Waals surface area contributed by atoms with Gasteiger partial charge in [-0.2, -0.15) is 0 Å². The SMILES string of the molecule is CC1(c2cccc(C3OCCO3)c2)Cc2ccccc2C1=O. The van der Waals surface area contributed by atoms with Crippen LogP contribution in [0.5, 0.6) is 0 Å². The lowest BCUT2D eigenvalue weighted by molar-refractivity contribution is -0.0442. The molecule has 0 amide bonds. The fourth-order valence-corrected chi connectivity index (χ4v) is 3.47. The molecule has 1 unspecified atom stereocenters. The van der Waals surface area contributed by atoms with E-state index in [4.69, 9.17) is 9.47 Å². The molecule has 3 heteroatoms. The summed E-state index contributed by atoms with van der Waals surface area (Å²) >= 11 is 0. The van der Waals surface area contributed by atoms with Gasteiger partial charge in [-0.25, -0.2) is 0 Å². The first-order chi connectivity index (χ1) is 10.7. The predicted octanol–water partition coefficient (Wildman–Crippen LogP) is 3.43. The van der Waals surface area contributed by atoms with Crippen LogP contribution in [0, 0.1) is 0 Å². The predicted molar refractivity (Wildman–Crippen MR) is 82.9 cm³/mol. The fraction of sp³-hybridized carbons (Fsp3) is 0.316. The standard InChI is InChI=1S/C19H18O3/c1-19(12-14-5-2-3-8-16(14)17(19)20)15-7-4-6-13(11-15)18-21-9-10-22-18/h2-8,11,18H,9-10,12H2,1H3. The molecular formula is C19H18O3. The van der Waals surface area contributed by atoms with Crippen LogP contribution in [-0.2, 0) is 21.3 Å². The van der Waals surface area contributed by atoms with E-state index >= 15 is 0 Å². The molecule has 0 bridgehead atoms. The third-order valence-electron chi connectivity index (χ3n) is 4.72. The highest BCUT2D eigenvalue weighted by atomic mass is 16.7. The van der Waals surface area contributed by atoms with Gasteiger partial charge in [0.1, 0.15) is 0 Å². The molecule has 0 aromatic heterocycles. The number of carbonyl (C=O) groups is 1. The van der Waals surface area contributed by atoms with Gasteiger partial charge in [0.05, 0.1) is 18.6 Å². The Morgan fingerprint density at radius 1 is 1.05 bits per heavy atom. The van der Waals surface area contributed by atoms with Gasteiger partial charge in [0.25, 0.3) is 0 Å². The van der Waals surface area contributed by atoms with Crippen molar-refractivity contribution in [1.82, 2.24) is 0 Å². The Morgan fingerprint density at radius 2 is 1.82 bits per heavy atom. The van der Waals surface area contributed by atoms with Gasteiger partial charge in [0.2, 0.25) is 0 Å². The second-order valence-corrected chi connectivity index (χ2v) is 6.19. The third-order valence-corrected chi connectivity index (χ3v) is 4.72. The zero-order valence-electron chi connectivity index (χ0n) is 12.5. The number of ether oxygens (including phenoxy) is 2. The maximum Gasteiger partial charge on any atom is 0.184 e. The van der Waals surface area contributed by atoms with Crippen molar-refractivity contribution < 1.29 is 14.3 Å². The molecule has 0 saturated carbocycles. The quantitative estimate of drug-likeness (QED) is 0.851. The van der Waals surface area contributed by atoms with Crippen LogP contribution in [-0.4, -0.2) is 19.0 Å². The van der Waals surface area contributed by atoms with E-state index in [0.29, 0.717) is 13.2 Å². The number of benzene rings is 2. The van der Waals surface area contributed by atoms with Crippen molar-refractivity contribution in [1.29, 1.82) is 0 Å². The lowest BCUT2D eigenvalue weighted by atomic mass is 9.78. The summed E-state index contributed by atoms with van der Waals surface area (Å²) in [6.45, 7) is 3.28. The van der Waals surface area contributed by atoms with Gasteiger partial charge < -0.3 is 9.47 Å². The molecule has 0 spiro atoms. The Hall–Kier alpha value is -1.97. The van der Waals surface area contributed by atoms with Crippen LogP contribution in [0.2, 0.25) is 0 Å².